The predicted molar refractivity (Wildman–Crippen MR) is 205 cm³/mol. The van der Waals surface area contributed by atoms with Crippen molar-refractivity contribution in [2.24, 2.45) is 9.98 Å². The summed E-state index contributed by atoms with van der Waals surface area (Å²) in [6.07, 6.45) is 7.34. The summed E-state index contributed by atoms with van der Waals surface area (Å²) in [5.41, 5.74) is 5.31. The Labute approximate surface area is 281 Å². The summed E-state index contributed by atoms with van der Waals surface area (Å²) in [6, 6.07) is 45.2. The van der Waals surface area contributed by atoms with E-state index in [2.05, 4.69) is 85.4 Å². The van der Waals surface area contributed by atoms with Crippen LogP contribution in [0.5, 0.6) is 0 Å². The number of fused-ring (bicyclic) bond motifs is 5. The van der Waals surface area contributed by atoms with E-state index in [1.807, 2.05) is 73.0 Å². The summed E-state index contributed by atoms with van der Waals surface area (Å²) in [4.78, 5) is 9.96. The van der Waals surface area contributed by atoms with E-state index in [1.54, 1.807) is 17.4 Å². The van der Waals surface area contributed by atoms with Crippen LogP contribution in [0.4, 0.5) is 0 Å². The van der Waals surface area contributed by atoms with Gasteiger partial charge in [0.25, 0.3) is 0 Å². The van der Waals surface area contributed by atoms with Crippen LogP contribution in [0.3, 0.4) is 0 Å². The van der Waals surface area contributed by atoms with Gasteiger partial charge in [-0.2, -0.15) is 0 Å². The van der Waals surface area contributed by atoms with E-state index in [0.29, 0.717) is 11.6 Å². The summed E-state index contributed by atoms with van der Waals surface area (Å²) in [6.45, 7) is 3.87. The van der Waals surface area contributed by atoms with Crippen molar-refractivity contribution in [3.63, 3.8) is 0 Å². The lowest BCUT2D eigenvalue weighted by atomic mass is 9.96. The van der Waals surface area contributed by atoms with E-state index < -0.39 is 0 Å². The van der Waals surface area contributed by atoms with Crippen LogP contribution >= 0.6 is 11.3 Å². The Hall–Kier alpha value is -6.17. The fourth-order valence-corrected chi connectivity index (χ4v) is 7.38. The predicted octanol–water partition coefficient (Wildman–Crippen LogP) is 11.7. The van der Waals surface area contributed by atoms with Gasteiger partial charge in [0.05, 0.1) is 0 Å². The van der Waals surface area contributed by atoms with Crippen molar-refractivity contribution in [3.05, 3.63) is 175 Å². The second-order valence-electron chi connectivity index (χ2n) is 11.4. The number of thiophene rings is 1. The second kappa shape index (κ2) is 12.6. The van der Waals surface area contributed by atoms with Crippen molar-refractivity contribution < 1.29 is 4.42 Å². The van der Waals surface area contributed by atoms with E-state index in [0.717, 1.165) is 48.9 Å². The molecule has 0 spiro atoms. The normalized spacial score (nSPS) is 12.3. The molecule has 0 unspecified atom stereocenters. The topological polar surface area (TPSA) is 61.7 Å². The largest absolute Gasteiger partial charge is 0.456 e. The zero-order valence-corrected chi connectivity index (χ0v) is 26.7. The summed E-state index contributed by atoms with van der Waals surface area (Å²) < 4.78 is 8.72. The maximum atomic E-state index is 8.96. The third-order valence-electron chi connectivity index (χ3n) is 8.45. The average molecular weight is 636 g/mol. The monoisotopic (exact) mass is 635 g/mol. The fourth-order valence-electron chi connectivity index (χ4n) is 6.17. The summed E-state index contributed by atoms with van der Waals surface area (Å²) in [5, 5.41) is 14.6. The number of rotatable bonds is 6. The highest BCUT2D eigenvalue weighted by Crippen LogP contribution is 2.38. The Bertz CT molecular complexity index is 2600. The molecule has 1 N–H and O–H groups in total. The number of furan rings is 1. The van der Waals surface area contributed by atoms with Gasteiger partial charge in [-0.15, -0.1) is 11.3 Å². The van der Waals surface area contributed by atoms with Crippen LogP contribution in [0.2, 0.25) is 0 Å². The van der Waals surface area contributed by atoms with Gasteiger partial charge in [0.15, 0.2) is 11.7 Å². The molecule has 0 aliphatic rings. The van der Waals surface area contributed by atoms with Crippen molar-refractivity contribution in [1.82, 2.24) is 0 Å². The van der Waals surface area contributed by atoms with Crippen LogP contribution in [-0.4, -0.2) is 17.9 Å². The second-order valence-corrected chi connectivity index (χ2v) is 12.5. The van der Waals surface area contributed by atoms with Crippen LogP contribution in [0.1, 0.15) is 22.5 Å². The Morgan fingerprint density at radius 3 is 2.40 bits per heavy atom. The highest BCUT2D eigenvalue weighted by atomic mass is 32.1. The van der Waals surface area contributed by atoms with Crippen molar-refractivity contribution >= 4 is 77.2 Å². The fraction of sp³-hybridized carbons (Fsp3) is 0. The van der Waals surface area contributed by atoms with Crippen LogP contribution in [0.15, 0.2) is 167 Å². The van der Waals surface area contributed by atoms with Crippen molar-refractivity contribution in [2.45, 2.75) is 0 Å². The third kappa shape index (κ3) is 5.36. The lowest BCUT2D eigenvalue weighted by molar-refractivity contribution is 0.604. The molecule has 0 amide bonds. The molecule has 2 heterocycles. The molecule has 8 rings (SSSR count). The van der Waals surface area contributed by atoms with Gasteiger partial charge in [-0.3, -0.25) is 5.41 Å². The van der Waals surface area contributed by atoms with Crippen LogP contribution in [-0.2, 0) is 0 Å². The molecule has 2 aromatic heterocycles. The first-order valence-corrected chi connectivity index (χ1v) is 16.5. The van der Waals surface area contributed by atoms with Gasteiger partial charge < -0.3 is 4.42 Å². The lowest BCUT2D eigenvalue weighted by Gasteiger charge is -2.07. The quantitative estimate of drug-likeness (QED) is 0.110. The molecule has 48 heavy (non-hydrogen) atoms. The summed E-state index contributed by atoms with van der Waals surface area (Å²) in [7, 11) is 0. The lowest BCUT2D eigenvalue weighted by Crippen LogP contribution is -2.05. The number of nitrogens with one attached hydrogen (secondary N) is 1. The van der Waals surface area contributed by atoms with Crippen LogP contribution in [0, 0.1) is 5.41 Å². The molecule has 0 aliphatic heterocycles. The Morgan fingerprint density at radius 2 is 1.52 bits per heavy atom. The number of hydrogen-bond acceptors (Lipinski definition) is 3. The van der Waals surface area contributed by atoms with Gasteiger partial charge >= 0.3 is 0 Å². The van der Waals surface area contributed by atoms with Gasteiger partial charge in [-0.05, 0) is 52.2 Å². The molecular weight excluding hydrogens is 607 g/mol. The smallest absolute Gasteiger partial charge is 0.163 e. The van der Waals surface area contributed by atoms with Gasteiger partial charge in [0.2, 0.25) is 0 Å². The molecule has 228 valence electrons. The molecule has 0 atom stereocenters. The maximum Gasteiger partial charge on any atom is 0.163 e. The molecule has 0 saturated heterocycles. The Balaban J connectivity index is 1.34. The number of aliphatic imine (C=N–C) groups is 2. The number of hydrogen-bond donors (Lipinski definition) is 1. The standard InChI is InChI=1S/C43H29N3OS/c1-2-3-21-37-36(40-32(18-12-22-38(40)47-37)31-25-24-28-13-7-8-16-30(28)26-31)27-45-43(46-42(44)29-14-5-4-6-15-29)35-20-11-19-34-33-17-9-10-23-39(33)48-41(34)35/h2-27,44H,1H2/b21-3-,44-42?,45-27?,46-43?. The molecule has 6 aromatic carbocycles. The zero-order chi connectivity index (χ0) is 32.5. The minimum absolute atomic E-state index is 0.140. The van der Waals surface area contributed by atoms with E-state index in [4.69, 9.17) is 19.8 Å². The highest BCUT2D eigenvalue weighted by Gasteiger charge is 2.18. The molecule has 0 aliphatic carbocycles. The van der Waals surface area contributed by atoms with Gasteiger partial charge in [-0.1, -0.05) is 128 Å². The number of amidine groups is 2. The molecule has 4 nitrogen and oxygen atoms in total. The molecule has 0 radical (unpaired) electrons. The SMILES string of the molecule is C=C/C=C\c1oc2cccc(-c3ccc4ccccc4c3)c2c1C=NC(=NC(=N)c1ccccc1)c1cccc2c1sc1ccccc12. The van der Waals surface area contributed by atoms with Crippen LogP contribution in [0.25, 0.3) is 59.1 Å². The first-order chi connectivity index (χ1) is 23.7. The Morgan fingerprint density at radius 1 is 0.750 bits per heavy atom. The zero-order valence-electron chi connectivity index (χ0n) is 25.9. The van der Waals surface area contributed by atoms with E-state index in [1.165, 1.54) is 20.9 Å². The minimum atomic E-state index is 0.140. The van der Waals surface area contributed by atoms with E-state index in [9.17, 15) is 0 Å². The molecule has 5 heteroatoms. The summed E-state index contributed by atoms with van der Waals surface area (Å²) >= 11 is 1.71. The Kier molecular flexibility index (Phi) is 7.65. The minimum Gasteiger partial charge on any atom is -0.456 e. The van der Waals surface area contributed by atoms with Gasteiger partial charge in [0, 0.05) is 48.5 Å². The number of nitrogens with zero attached hydrogens (tertiary/aromatic N) is 2. The molecule has 0 fully saturated rings. The third-order valence-corrected chi connectivity index (χ3v) is 9.67. The van der Waals surface area contributed by atoms with Crippen LogP contribution < -0.4 is 0 Å². The number of benzene rings is 6. The van der Waals surface area contributed by atoms with Crippen molar-refractivity contribution in [3.8, 4) is 11.1 Å². The molecular formula is C43H29N3OS. The van der Waals surface area contributed by atoms with E-state index in [-0.39, 0.29) is 5.84 Å². The van der Waals surface area contributed by atoms with Gasteiger partial charge in [-0.25, -0.2) is 9.98 Å². The first kappa shape index (κ1) is 29.2. The van der Waals surface area contributed by atoms with Gasteiger partial charge in [0.1, 0.15) is 11.3 Å². The van der Waals surface area contributed by atoms with E-state index >= 15 is 0 Å². The molecule has 0 bridgehead atoms. The summed E-state index contributed by atoms with van der Waals surface area (Å²) in [5.74, 6) is 1.26. The highest BCUT2D eigenvalue weighted by molar-refractivity contribution is 7.26. The molecule has 0 saturated carbocycles. The van der Waals surface area contributed by atoms with Crippen molar-refractivity contribution in [1.29, 1.82) is 5.41 Å². The maximum absolute atomic E-state index is 8.96. The first-order valence-electron chi connectivity index (χ1n) is 15.7. The number of allylic oxidation sites excluding steroid dienone is 2. The molecule has 8 aromatic rings. The van der Waals surface area contributed by atoms with Crippen molar-refractivity contribution in [2.75, 3.05) is 0 Å². The average Bonchev–Trinajstić information content (AvgIpc) is 3.70.